The number of amides is 2. The second-order valence-corrected chi connectivity index (χ2v) is 12.0. The number of rotatable bonds is 11. The van der Waals surface area contributed by atoms with E-state index in [1.165, 1.54) is 11.1 Å². The maximum absolute atomic E-state index is 13.5. The molecule has 7 nitrogen and oxygen atoms in total. The van der Waals surface area contributed by atoms with Crippen LogP contribution in [0.2, 0.25) is 0 Å². The van der Waals surface area contributed by atoms with Crippen molar-refractivity contribution in [3.63, 3.8) is 0 Å². The fourth-order valence-corrected chi connectivity index (χ4v) is 6.38. The molecule has 3 aromatic rings. The number of benzene rings is 2. The SMILES string of the molecule is CC(Cn1cccn1)N(CC(=O)N1CCC(Cc2ccccc2)CC1)CC(=O)N1CCC(Cc2ccccc2)CC1. The van der Waals surface area contributed by atoms with E-state index in [1.807, 2.05) is 26.7 Å². The van der Waals surface area contributed by atoms with Crippen LogP contribution in [-0.4, -0.2) is 81.6 Å². The summed E-state index contributed by atoms with van der Waals surface area (Å²) in [5.74, 6) is 1.49. The molecule has 1 aromatic heterocycles. The lowest BCUT2D eigenvalue weighted by Gasteiger charge is -2.37. The number of hydrogen-bond donors (Lipinski definition) is 0. The molecule has 41 heavy (non-hydrogen) atoms. The molecule has 0 aliphatic carbocycles. The van der Waals surface area contributed by atoms with Crippen LogP contribution in [0.5, 0.6) is 0 Å². The quantitative estimate of drug-likeness (QED) is 0.349. The van der Waals surface area contributed by atoms with Gasteiger partial charge in [-0.1, -0.05) is 60.7 Å². The normalized spacial score (nSPS) is 17.6. The number of likely N-dealkylation sites (tertiary alicyclic amines) is 2. The minimum absolute atomic E-state index is 0.00837. The van der Waals surface area contributed by atoms with Crippen LogP contribution in [0, 0.1) is 11.8 Å². The number of aromatic nitrogens is 2. The van der Waals surface area contributed by atoms with Crippen molar-refractivity contribution < 1.29 is 9.59 Å². The van der Waals surface area contributed by atoms with Gasteiger partial charge in [0.1, 0.15) is 0 Å². The van der Waals surface area contributed by atoms with E-state index in [9.17, 15) is 9.59 Å². The summed E-state index contributed by atoms with van der Waals surface area (Å²) in [6.45, 7) is 6.44. The standard InChI is InChI=1S/C34H45N5O2/c1-28(25-39-18-8-17-35-39)38(26-33(40)36-19-13-31(14-20-36)23-29-9-4-2-5-10-29)27-34(41)37-21-15-32(16-22-37)24-30-11-6-3-7-12-30/h2-12,17-18,28,31-32H,13-16,19-27H2,1H3. The van der Waals surface area contributed by atoms with Gasteiger partial charge in [-0.05, 0) is 74.5 Å². The first kappa shape index (κ1) is 29.1. The smallest absolute Gasteiger partial charge is 0.236 e. The van der Waals surface area contributed by atoms with Gasteiger partial charge in [0.15, 0.2) is 0 Å². The minimum atomic E-state index is 0.00837. The van der Waals surface area contributed by atoms with Crippen LogP contribution in [-0.2, 0) is 29.0 Å². The third-order valence-electron chi connectivity index (χ3n) is 8.98. The predicted octanol–water partition coefficient (Wildman–Crippen LogP) is 4.54. The van der Waals surface area contributed by atoms with Gasteiger partial charge in [0.25, 0.3) is 0 Å². The third kappa shape index (κ3) is 8.52. The number of nitrogens with zero attached hydrogens (tertiary/aromatic N) is 5. The Kier molecular flexibility index (Phi) is 10.2. The third-order valence-corrected chi connectivity index (χ3v) is 8.98. The monoisotopic (exact) mass is 555 g/mol. The molecule has 0 saturated carbocycles. The van der Waals surface area contributed by atoms with Gasteiger partial charge in [-0.25, -0.2) is 0 Å². The molecule has 2 fully saturated rings. The van der Waals surface area contributed by atoms with E-state index < -0.39 is 0 Å². The molecule has 1 unspecified atom stereocenters. The molecule has 218 valence electrons. The van der Waals surface area contributed by atoms with Crippen molar-refractivity contribution in [1.82, 2.24) is 24.5 Å². The molecular weight excluding hydrogens is 510 g/mol. The second kappa shape index (κ2) is 14.4. The molecule has 2 aromatic carbocycles. The molecule has 3 heterocycles. The molecule has 5 rings (SSSR count). The van der Waals surface area contributed by atoms with Crippen molar-refractivity contribution in [2.24, 2.45) is 11.8 Å². The van der Waals surface area contributed by atoms with Crippen LogP contribution in [0.25, 0.3) is 0 Å². The highest BCUT2D eigenvalue weighted by atomic mass is 16.2. The molecule has 2 saturated heterocycles. The topological polar surface area (TPSA) is 61.7 Å². The molecule has 7 heteroatoms. The van der Waals surface area contributed by atoms with E-state index in [-0.39, 0.29) is 30.9 Å². The maximum atomic E-state index is 13.5. The zero-order chi connectivity index (χ0) is 28.4. The molecule has 0 N–H and O–H groups in total. The largest absolute Gasteiger partial charge is 0.342 e. The van der Waals surface area contributed by atoms with Gasteiger partial charge in [0, 0.05) is 44.6 Å². The highest BCUT2D eigenvalue weighted by Crippen LogP contribution is 2.23. The first-order valence-electron chi connectivity index (χ1n) is 15.4. The Labute approximate surface area is 245 Å². The van der Waals surface area contributed by atoms with Gasteiger partial charge in [0.2, 0.25) is 11.8 Å². The van der Waals surface area contributed by atoms with Gasteiger partial charge < -0.3 is 9.80 Å². The van der Waals surface area contributed by atoms with Crippen LogP contribution in [0.1, 0.15) is 43.7 Å². The van der Waals surface area contributed by atoms with Gasteiger partial charge in [-0.2, -0.15) is 5.10 Å². The molecule has 2 aliphatic rings. The second-order valence-electron chi connectivity index (χ2n) is 12.0. The van der Waals surface area contributed by atoms with Crippen LogP contribution in [0.4, 0.5) is 0 Å². The summed E-state index contributed by atoms with van der Waals surface area (Å²) in [5, 5.41) is 4.36. The van der Waals surface area contributed by atoms with E-state index in [1.54, 1.807) is 6.20 Å². The average Bonchev–Trinajstić information content (AvgIpc) is 3.51. The molecule has 1 atom stereocenters. The Bertz CT molecular complexity index is 1120. The summed E-state index contributed by atoms with van der Waals surface area (Å²) in [6.07, 6.45) is 9.97. The first-order chi connectivity index (χ1) is 20.0. The molecule has 0 radical (unpaired) electrons. The van der Waals surface area contributed by atoms with Crippen molar-refractivity contribution in [3.8, 4) is 0 Å². The number of carbonyl (C=O) groups is 2. The predicted molar refractivity (Wildman–Crippen MR) is 162 cm³/mol. The number of hydrogen-bond acceptors (Lipinski definition) is 4. The summed E-state index contributed by atoms with van der Waals surface area (Å²) in [5.41, 5.74) is 2.75. The lowest BCUT2D eigenvalue weighted by Crippen LogP contribution is -2.51. The summed E-state index contributed by atoms with van der Waals surface area (Å²) in [6, 6.07) is 23.2. The van der Waals surface area contributed by atoms with Gasteiger partial charge >= 0.3 is 0 Å². The number of piperidine rings is 2. The molecular formula is C34H45N5O2. The highest BCUT2D eigenvalue weighted by Gasteiger charge is 2.29. The Morgan fingerprint density at radius 3 is 1.63 bits per heavy atom. The Hall–Kier alpha value is -3.45. The van der Waals surface area contributed by atoms with Gasteiger partial charge in [-0.3, -0.25) is 19.2 Å². The van der Waals surface area contributed by atoms with Crippen LogP contribution in [0.3, 0.4) is 0 Å². The average molecular weight is 556 g/mol. The molecule has 2 amide bonds. The summed E-state index contributed by atoms with van der Waals surface area (Å²) in [4.78, 5) is 33.1. The minimum Gasteiger partial charge on any atom is -0.342 e. The first-order valence-corrected chi connectivity index (χ1v) is 15.4. The van der Waals surface area contributed by atoms with E-state index in [0.717, 1.165) is 64.7 Å². The molecule has 2 aliphatic heterocycles. The van der Waals surface area contributed by atoms with Crippen molar-refractivity contribution >= 4 is 11.8 Å². The summed E-state index contributed by atoms with van der Waals surface area (Å²) >= 11 is 0. The van der Waals surface area contributed by atoms with Gasteiger partial charge in [0.05, 0.1) is 19.6 Å². The lowest BCUT2D eigenvalue weighted by molar-refractivity contribution is -0.138. The zero-order valence-electron chi connectivity index (χ0n) is 24.5. The number of carbonyl (C=O) groups excluding carboxylic acids is 2. The molecule has 0 bridgehead atoms. The van der Waals surface area contributed by atoms with Crippen LogP contribution < -0.4 is 0 Å². The lowest BCUT2D eigenvalue weighted by atomic mass is 9.90. The summed E-state index contributed by atoms with van der Waals surface area (Å²) < 4.78 is 1.89. The zero-order valence-corrected chi connectivity index (χ0v) is 24.5. The van der Waals surface area contributed by atoms with Gasteiger partial charge in [-0.15, -0.1) is 0 Å². The van der Waals surface area contributed by atoms with Crippen molar-refractivity contribution in [2.75, 3.05) is 39.3 Å². The Balaban J connectivity index is 1.14. The van der Waals surface area contributed by atoms with E-state index in [4.69, 9.17) is 0 Å². The fourth-order valence-electron chi connectivity index (χ4n) is 6.38. The maximum Gasteiger partial charge on any atom is 0.236 e. The van der Waals surface area contributed by atoms with Crippen molar-refractivity contribution in [1.29, 1.82) is 0 Å². The van der Waals surface area contributed by atoms with Crippen molar-refractivity contribution in [2.45, 2.75) is 58.0 Å². The Morgan fingerprint density at radius 1 is 0.756 bits per heavy atom. The van der Waals surface area contributed by atoms with E-state index in [0.29, 0.717) is 18.4 Å². The van der Waals surface area contributed by atoms with E-state index in [2.05, 4.69) is 77.6 Å². The van der Waals surface area contributed by atoms with Crippen molar-refractivity contribution in [3.05, 3.63) is 90.3 Å². The van der Waals surface area contributed by atoms with Crippen LogP contribution >= 0.6 is 0 Å². The highest BCUT2D eigenvalue weighted by molar-refractivity contribution is 5.81. The molecule has 0 spiro atoms. The Morgan fingerprint density at radius 2 is 1.22 bits per heavy atom. The van der Waals surface area contributed by atoms with E-state index >= 15 is 0 Å². The summed E-state index contributed by atoms with van der Waals surface area (Å²) in [7, 11) is 0. The van der Waals surface area contributed by atoms with Crippen LogP contribution in [0.15, 0.2) is 79.1 Å². The fraction of sp³-hybridized carbons (Fsp3) is 0.500.